The highest BCUT2D eigenvalue weighted by Crippen LogP contribution is 2.33. The van der Waals surface area contributed by atoms with Crippen molar-refractivity contribution in [2.24, 2.45) is 0 Å². The van der Waals surface area contributed by atoms with E-state index >= 15 is 0 Å². The summed E-state index contributed by atoms with van der Waals surface area (Å²) in [6, 6.07) is 6.65. The lowest BCUT2D eigenvalue weighted by molar-refractivity contribution is -0.122. The maximum Gasteiger partial charge on any atom is 0.293 e. The molecule has 0 aromatic heterocycles. The van der Waals surface area contributed by atoms with Crippen molar-refractivity contribution in [2.45, 2.75) is 0 Å². The maximum absolute atomic E-state index is 11.9. The van der Waals surface area contributed by atoms with E-state index in [4.69, 9.17) is 0 Å². The molecule has 2 amide bonds. The Kier molecular flexibility index (Phi) is 3.53. The molecule has 1 heterocycles. The van der Waals surface area contributed by atoms with Gasteiger partial charge in [-0.2, -0.15) is 0 Å². The van der Waals surface area contributed by atoms with Gasteiger partial charge in [0.2, 0.25) is 0 Å². The maximum atomic E-state index is 11.9. The van der Waals surface area contributed by atoms with Gasteiger partial charge in [0.25, 0.3) is 11.1 Å². The van der Waals surface area contributed by atoms with E-state index in [1.807, 2.05) is 0 Å². The number of thioether (sulfide) groups is 1. The predicted octanol–water partition coefficient (Wildman–Crippen LogP) is 2.61. The molecular formula is C13H11NO3S. The Hall–Kier alpha value is -2.01. The second kappa shape index (κ2) is 5.10. The fourth-order valence-corrected chi connectivity index (χ4v) is 2.38. The molecule has 1 aliphatic heterocycles. The molecule has 0 spiro atoms. The van der Waals surface area contributed by atoms with Crippen molar-refractivity contribution in [3.05, 3.63) is 47.4 Å². The molecule has 18 heavy (non-hydrogen) atoms. The number of rotatable bonds is 3. The molecule has 0 aliphatic carbocycles. The third-order valence-electron chi connectivity index (χ3n) is 2.41. The van der Waals surface area contributed by atoms with Gasteiger partial charge >= 0.3 is 0 Å². The minimum absolute atomic E-state index is 0.0769. The third-order valence-corrected chi connectivity index (χ3v) is 3.32. The van der Waals surface area contributed by atoms with Crippen molar-refractivity contribution in [1.82, 2.24) is 4.90 Å². The first kappa shape index (κ1) is 12.4. The van der Waals surface area contributed by atoms with Crippen LogP contribution < -0.4 is 0 Å². The van der Waals surface area contributed by atoms with Crippen LogP contribution in [0.5, 0.6) is 5.75 Å². The number of para-hydroxylation sites is 1. The number of hydrogen-bond donors (Lipinski definition) is 1. The molecule has 0 unspecified atom stereocenters. The highest BCUT2D eigenvalue weighted by atomic mass is 32.2. The van der Waals surface area contributed by atoms with Gasteiger partial charge in [-0.15, -0.1) is 6.58 Å². The largest absolute Gasteiger partial charge is 0.507 e. The molecule has 0 radical (unpaired) electrons. The van der Waals surface area contributed by atoms with Crippen molar-refractivity contribution in [2.75, 3.05) is 6.54 Å². The van der Waals surface area contributed by atoms with Crippen LogP contribution in [0, 0.1) is 0 Å². The fourth-order valence-electron chi connectivity index (χ4n) is 1.54. The van der Waals surface area contributed by atoms with Crippen LogP contribution in [0.1, 0.15) is 5.56 Å². The van der Waals surface area contributed by atoms with Crippen molar-refractivity contribution >= 4 is 29.0 Å². The van der Waals surface area contributed by atoms with E-state index in [1.165, 1.54) is 18.2 Å². The standard InChI is InChI=1S/C13H11NO3S/c1-2-7-14-12(16)11(18-13(14)17)8-9-5-3-4-6-10(9)15/h2-6,8,15H,1,7H2/b11-8+. The monoisotopic (exact) mass is 261 g/mol. The van der Waals surface area contributed by atoms with Crippen molar-refractivity contribution in [3.8, 4) is 5.75 Å². The van der Waals surface area contributed by atoms with Crippen molar-refractivity contribution in [1.29, 1.82) is 0 Å². The van der Waals surface area contributed by atoms with Gasteiger partial charge in [0, 0.05) is 12.1 Å². The summed E-state index contributed by atoms with van der Waals surface area (Å²) in [6.45, 7) is 3.70. The number of phenols is 1. The van der Waals surface area contributed by atoms with Crippen molar-refractivity contribution in [3.63, 3.8) is 0 Å². The normalized spacial score (nSPS) is 17.6. The van der Waals surface area contributed by atoms with Crippen LogP contribution in [0.4, 0.5) is 4.79 Å². The molecule has 92 valence electrons. The van der Waals surface area contributed by atoms with Gasteiger partial charge in [0.1, 0.15) is 5.75 Å². The number of phenolic OH excluding ortho intramolecular Hbond substituents is 1. The minimum atomic E-state index is -0.354. The van der Waals surface area contributed by atoms with Crippen LogP contribution in [0.3, 0.4) is 0 Å². The Morgan fingerprint density at radius 1 is 1.33 bits per heavy atom. The first-order valence-electron chi connectivity index (χ1n) is 5.27. The van der Waals surface area contributed by atoms with Gasteiger partial charge in [0.05, 0.1) is 4.91 Å². The van der Waals surface area contributed by atoms with Gasteiger partial charge in [-0.1, -0.05) is 24.3 Å². The third kappa shape index (κ3) is 2.31. The fraction of sp³-hybridized carbons (Fsp3) is 0.0769. The van der Waals surface area contributed by atoms with Crippen LogP contribution in [-0.2, 0) is 4.79 Å². The number of carbonyl (C=O) groups excluding carboxylic acids is 2. The van der Waals surface area contributed by atoms with Crippen LogP contribution in [0.2, 0.25) is 0 Å². The van der Waals surface area contributed by atoms with Crippen LogP contribution in [-0.4, -0.2) is 27.7 Å². The van der Waals surface area contributed by atoms with Gasteiger partial charge in [-0.05, 0) is 23.9 Å². The minimum Gasteiger partial charge on any atom is -0.507 e. The molecular weight excluding hydrogens is 250 g/mol. The number of aromatic hydroxyl groups is 1. The summed E-state index contributed by atoms with van der Waals surface area (Å²) in [5, 5.41) is 9.29. The number of benzene rings is 1. The van der Waals surface area contributed by atoms with E-state index in [0.29, 0.717) is 10.5 Å². The molecule has 2 rings (SSSR count). The number of amides is 2. The molecule has 0 atom stereocenters. The molecule has 5 heteroatoms. The zero-order valence-electron chi connectivity index (χ0n) is 9.50. The Morgan fingerprint density at radius 3 is 2.72 bits per heavy atom. The topological polar surface area (TPSA) is 57.6 Å². The Balaban J connectivity index is 2.31. The van der Waals surface area contributed by atoms with Crippen LogP contribution in [0.25, 0.3) is 6.08 Å². The second-order valence-corrected chi connectivity index (χ2v) is 4.63. The summed E-state index contributed by atoms with van der Waals surface area (Å²) in [4.78, 5) is 24.9. The summed E-state index contributed by atoms with van der Waals surface area (Å²) in [6.07, 6.45) is 3.02. The summed E-state index contributed by atoms with van der Waals surface area (Å²) in [5.41, 5.74) is 0.515. The summed E-state index contributed by atoms with van der Waals surface area (Å²) < 4.78 is 0. The molecule has 4 nitrogen and oxygen atoms in total. The zero-order chi connectivity index (χ0) is 13.1. The van der Waals surface area contributed by atoms with Gasteiger partial charge in [-0.3, -0.25) is 14.5 Å². The smallest absolute Gasteiger partial charge is 0.293 e. The number of nitrogens with zero attached hydrogens (tertiary/aromatic N) is 1. The van der Waals surface area contributed by atoms with E-state index in [1.54, 1.807) is 18.2 Å². The first-order chi connectivity index (χ1) is 8.63. The van der Waals surface area contributed by atoms with Crippen molar-refractivity contribution < 1.29 is 14.7 Å². The Bertz CT molecular complexity index is 551. The quantitative estimate of drug-likeness (QED) is 0.671. The summed E-state index contributed by atoms with van der Waals surface area (Å²) >= 11 is 0.865. The van der Waals surface area contributed by atoms with E-state index in [2.05, 4.69) is 6.58 Å². The number of hydrogen-bond acceptors (Lipinski definition) is 4. The molecule has 1 N–H and O–H groups in total. The van der Waals surface area contributed by atoms with Crippen LogP contribution in [0.15, 0.2) is 41.8 Å². The predicted molar refractivity (Wildman–Crippen MR) is 71.0 cm³/mol. The SMILES string of the molecule is C=CCN1C(=O)S/C(=C/c2ccccc2O)C1=O. The molecule has 0 bridgehead atoms. The number of imide groups is 1. The van der Waals surface area contributed by atoms with Crippen LogP contribution >= 0.6 is 11.8 Å². The zero-order valence-corrected chi connectivity index (χ0v) is 10.3. The molecule has 1 aliphatic rings. The summed E-state index contributed by atoms with van der Waals surface area (Å²) in [7, 11) is 0. The van der Waals surface area contributed by atoms with E-state index in [9.17, 15) is 14.7 Å². The van der Waals surface area contributed by atoms with E-state index in [0.717, 1.165) is 16.7 Å². The Morgan fingerprint density at radius 2 is 2.06 bits per heavy atom. The molecule has 1 aromatic rings. The average Bonchev–Trinajstić information content (AvgIpc) is 2.60. The number of carbonyl (C=O) groups is 2. The first-order valence-corrected chi connectivity index (χ1v) is 6.09. The highest BCUT2D eigenvalue weighted by Gasteiger charge is 2.34. The average molecular weight is 261 g/mol. The highest BCUT2D eigenvalue weighted by molar-refractivity contribution is 8.18. The molecule has 1 aromatic carbocycles. The van der Waals surface area contributed by atoms with Gasteiger partial charge < -0.3 is 5.11 Å². The van der Waals surface area contributed by atoms with Gasteiger partial charge in [-0.25, -0.2) is 0 Å². The van der Waals surface area contributed by atoms with E-state index in [-0.39, 0.29) is 23.4 Å². The summed E-state index contributed by atoms with van der Waals surface area (Å²) in [5.74, 6) is -0.277. The Labute approximate surface area is 109 Å². The van der Waals surface area contributed by atoms with Gasteiger partial charge in [0.15, 0.2) is 0 Å². The molecule has 0 saturated carbocycles. The lowest BCUT2D eigenvalue weighted by atomic mass is 10.2. The lowest BCUT2D eigenvalue weighted by Crippen LogP contribution is -2.27. The second-order valence-electron chi connectivity index (χ2n) is 3.64. The molecule has 1 saturated heterocycles. The lowest BCUT2D eigenvalue weighted by Gasteiger charge is -2.07. The molecule has 1 fully saturated rings. The van der Waals surface area contributed by atoms with E-state index < -0.39 is 0 Å².